The largest absolute Gasteiger partial charge is 0.481 e. The van der Waals surface area contributed by atoms with Crippen molar-refractivity contribution in [3.8, 4) is 22.9 Å². The first kappa shape index (κ1) is 20.3. The van der Waals surface area contributed by atoms with Gasteiger partial charge in [0.1, 0.15) is 5.75 Å². The van der Waals surface area contributed by atoms with Gasteiger partial charge in [0, 0.05) is 17.3 Å². The molecule has 1 amide bonds. The summed E-state index contributed by atoms with van der Waals surface area (Å²) in [6.45, 7) is 6.28. The topological polar surface area (TPSA) is 73.3 Å². The Morgan fingerprint density at radius 3 is 2.28 bits per heavy atom. The van der Waals surface area contributed by atoms with Gasteiger partial charge in [0.2, 0.25) is 5.88 Å². The summed E-state index contributed by atoms with van der Waals surface area (Å²) < 4.78 is 11.0. The number of hydrogen-bond acceptors (Lipinski definition) is 5. The lowest BCUT2D eigenvalue weighted by atomic mass is 10.1. The van der Waals surface area contributed by atoms with Crippen LogP contribution >= 0.6 is 0 Å². The first-order valence-corrected chi connectivity index (χ1v) is 9.72. The second-order valence-electron chi connectivity index (χ2n) is 6.51. The SMILES string of the molecule is CCOc1ccc(-c2ccc(NC(=O)C(C)Oc3ccc(CC)cc3)cc2)nn1. The van der Waals surface area contributed by atoms with Crippen LogP contribution < -0.4 is 14.8 Å². The maximum absolute atomic E-state index is 12.4. The van der Waals surface area contributed by atoms with Crippen molar-refractivity contribution in [3.05, 3.63) is 66.2 Å². The van der Waals surface area contributed by atoms with Crippen LogP contribution in [0.2, 0.25) is 0 Å². The van der Waals surface area contributed by atoms with Crippen molar-refractivity contribution in [3.63, 3.8) is 0 Å². The molecule has 1 atom stereocenters. The number of ether oxygens (including phenoxy) is 2. The molecule has 0 aliphatic heterocycles. The van der Waals surface area contributed by atoms with E-state index in [2.05, 4.69) is 22.4 Å². The summed E-state index contributed by atoms with van der Waals surface area (Å²) in [6.07, 6.45) is 0.355. The van der Waals surface area contributed by atoms with Crippen molar-refractivity contribution in [1.82, 2.24) is 10.2 Å². The van der Waals surface area contributed by atoms with Crippen LogP contribution in [0, 0.1) is 0 Å². The van der Waals surface area contributed by atoms with Crippen LogP contribution in [0.1, 0.15) is 26.3 Å². The average molecular weight is 391 g/mol. The fourth-order valence-corrected chi connectivity index (χ4v) is 2.73. The van der Waals surface area contributed by atoms with Crippen LogP contribution in [0.25, 0.3) is 11.3 Å². The van der Waals surface area contributed by atoms with Gasteiger partial charge in [-0.05, 0) is 56.2 Å². The summed E-state index contributed by atoms with van der Waals surface area (Å²) in [5.74, 6) is 0.964. The normalized spacial score (nSPS) is 11.6. The molecule has 6 nitrogen and oxygen atoms in total. The Kier molecular flexibility index (Phi) is 6.79. The highest BCUT2D eigenvalue weighted by molar-refractivity contribution is 5.94. The fourth-order valence-electron chi connectivity index (χ4n) is 2.73. The number of hydrogen-bond donors (Lipinski definition) is 1. The van der Waals surface area contributed by atoms with Crippen molar-refractivity contribution in [1.29, 1.82) is 0 Å². The number of carbonyl (C=O) groups excluding carboxylic acids is 1. The van der Waals surface area contributed by atoms with Gasteiger partial charge in [-0.15, -0.1) is 10.2 Å². The molecule has 0 saturated carbocycles. The number of anilines is 1. The van der Waals surface area contributed by atoms with Crippen molar-refractivity contribution >= 4 is 11.6 Å². The average Bonchev–Trinajstić information content (AvgIpc) is 2.75. The number of amides is 1. The Morgan fingerprint density at radius 2 is 1.69 bits per heavy atom. The van der Waals surface area contributed by atoms with E-state index in [9.17, 15) is 4.79 Å². The molecule has 6 heteroatoms. The third kappa shape index (κ3) is 5.54. The van der Waals surface area contributed by atoms with Crippen molar-refractivity contribution < 1.29 is 14.3 Å². The van der Waals surface area contributed by atoms with Crippen LogP contribution in [-0.2, 0) is 11.2 Å². The first-order valence-electron chi connectivity index (χ1n) is 9.72. The number of nitrogens with zero attached hydrogens (tertiary/aromatic N) is 2. The third-order valence-electron chi connectivity index (χ3n) is 4.39. The zero-order chi connectivity index (χ0) is 20.6. The predicted octanol–water partition coefficient (Wildman–Crippen LogP) is 4.51. The maximum atomic E-state index is 12.4. The zero-order valence-corrected chi connectivity index (χ0v) is 16.9. The first-order chi connectivity index (χ1) is 14.1. The minimum Gasteiger partial charge on any atom is -0.481 e. The maximum Gasteiger partial charge on any atom is 0.265 e. The summed E-state index contributed by atoms with van der Waals surface area (Å²) >= 11 is 0. The molecule has 0 saturated heterocycles. The Bertz CT molecular complexity index is 923. The molecular weight excluding hydrogens is 366 g/mol. The van der Waals surface area contributed by atoms with Crippen molar-refractivity contribution in [2.75, 3.05) is 11.9 Å². The quantitative estimate of drug-likeness (QED) is 0.612. The second-order valence-corrected chi connectivity index (χ2v) is 6.51. The number of carbonyl (C=O) groups is 1. The van der Waals surface area contributed by atoms with Gasteiger partial charge in [0.05, 0.1) is 12.3 Å². The minimum atomic E-state index is -0.612. The fraction of sp³-hybridized carbons (Fsp3) is 0.261. The van der Waals surface area contributed by atoms with E-state index in [1.54, 1.807) is 13.0 Å². The number of nitrogens with one attached hydrogen (secondary N) is 1. The van der Waals surface area contributed by atoms with Gasteiger partial charge in [-0.3, -0.25) is 4.79 Å². The molecule has 150 valence electrons. The molecule has 3 aromatic rings. The standard InChI is InChI=1S/C23H25N3O3/c1-4-17-6-12-20(13-7-17)29-16(3)23(27)24-19-10-8-18(9-11-19)21-14-15-22(26-25-21)28-5-2/h6-16H,4-5H2,1-3H3,(H,24,27). The van der Waals surface area contributed by atoms with Crippen LogP contribution in [-0.4, -0.2) is 28.8 Å². The zero-order valence-electron chi connectivity index (χ0n) is 16.9. The van der Waals surface area contributed by atoms with Gasteiger partial charge in [-0.25, -0.2) is 0 Å². The smallest absolute Gasteiger partial charge is 0.265 e. The summed E-state index contributed by atoms with van der Waals surface area (Å²) in [5, 5.41) is 11.1. The summed E-state index contributed by atoms with van der Waals surface area (Å²) in [4.78, 5) is 12.4. The number of aromatic nitrogens is 2. The molecule has 0 spiro atoms. The molecule has 29 heavy (non-hydrogen) atoms. The lowest BCUT2D eigenvalue weighted by molar-refractivity contribution is -0.122. The Balaban J connectivity index is 1.58. The molecule has 0 radical (unpaired) electrons. The molecule has 0 fully saturated rings. The van der Waals surface area contributed by atoms with E-state index in [1.807, 2.05) is 61.5 Å². The number of rotatable bonds is 8. The highest BCUT2D eigenvalue weighted by Gasteiger charge is 2.15. The highest BCUT2D eigenvalue weighted by atomic mass is 16.5. The van der Waals surface area contributed by atoms with Crippen LogP contribution in [0.3, 0.4) is 0 Å². The van der Waals surface area contributed by atoms with E-state index < -0.39 is 6.10 Å². The Hall–Kier alpha value is -3.41. The van der Waals surface area contributed by atoms with Gasteiger partial charge in [-0.2, -0.15) is 0 Å². The van der Waals surface area contributed by atoms with Gasteiger partial charge < -0.3 is 14.8 Å². The van der Waals surface area contributed by atoms with Gasteiger partial charge >= 0.3 is 0 Å². The van der Waals surface area contributed by atoms with E-state index in [1.165, 1.54) is 5.56 Å². The Morgan fingerprint density at radius 1 is 0.966 bits per heavy atom. The van der Waals surface area contributed by atoms with Gasteiger partial charge in [0.25, 0.3) is 5.91 Å². The second kappa shape index (κ2) is 9.68. The highest BCUT2D eigenvalue weighted by Crippen LogP contribution is 2.21. The van der Waals surface area contributed by atoms with Crippen LogP contribution in [0.5, 0.6) is 11.6 Å². The van der Waals surface area contributed by atoms with E-state index in [4.69, 9.17) is 9.47 Å². The van der Waals surface area contributed by atoms with Gasteiger partial charge in [0.15, 0.2) is 6.10 Å². The minimum absolute atomic E-state index is 0.210. The lowest BCUT2D eigenvalue weighted by Gasteiger charge is -2.15. The van der Waals surface area contributed by atoms with Crippen molar-refractivity contribution in [2.24, 2.45) is 0 Å². The van der Waals surface area contributed by atoms with Gasteiger partial charge in [-0.1, -0.05) is 31.2 Å². The summed E-state index contributed by atoms with van der Waals surface area (Å²) in [6, 6.07) is 18.8. The van der Waals surface area contributed by atoms with Crippen LogP contribution in [0.4, 0.5) is 5.69 Å². The van der Waals surface area contributed by atoms with E-state index in [0.29, 0.717) is 23.9 Å². The molecule has 0 bridgehead atoms. The van der Waals surface area contributed by atoms with Crippen LogP contribution in [0.15, 0.2) is 60.7 Å². The van der Waals surface area contributed by atoms with E-state index in [0.717, 1.165) is 17.7 Å². The number of aryl methyl sites for hydroxylation is 1. The molecule has 1 unspecified atom stereocenters. The third-order valence-corrected chi connectivity index (χ3v) is 4.39. The lowest BCUT2D eigenvalue weighted by Crippen LogP contribution is -2.30. The molecule has 0 aliphatic carbocycles. The molecule has 2 aromatic carbocycles. The molecule has 0 aliphatic rings. The molecule has 1 N–H and O–H groups in total. The molecule has 1 aromatic heterocycles. The molecule has 1 heterocycles. The summed E-state index contributed by atoms with van der Waals surface area (Å²) in [7, 11) is 0. The Labute approximate surface area is 170 Å². The predicted molar refractivity (Wildman–Crippen MR) is 113 cm³/mol. The molecular formula is C23H25N3O3. The van der Waals surface area contributed by atoms with E-state index in [-0.39, 0.29) is 5.91 Å². The molecule has 3 rings (SSSR count). The summed E-state index contributed by atoms with van der Waals surface area (Å²) in [5.41, 5.74) is 3.55. The van der Waals surface area contributed by atoms with Crippen molar-refractivity contribution in [2.45, 2.75) is 33.3 Å². The van der Waals surface area contributed by atoms with E-state index >= 15 is 0 Å². The monoisotopic (exact) mass is 391 g/mol. The number of benzene rings is 2.